The van der Waals surface area contributed by atoms with E-state index < -0.39 is 0 Å². The summed E-state index contributed by atoms with van der Waals surface area (Å²) in [7, 11) is 0. The molecule has 0 aliphatic carbocycles. The van der Waals surface area contributed by atoms with Gasteiger partial charge in [0.1, 0.15) is 5.69 Å². The van der Waals surface area contributed by atoms with Gasteiger partial charge >= 0.3 is 0 Å². The van der Waals surface area contributed by atoms with Crippen molar-refractivity contribution in [3.05, 3.63) is 46.6 Å². The summed E-state index contributed by atoms with van der Waals surface area (Å²) in [5.74, 6) is -0.102. The van der Waals surface area contributed by atoms with Crippen LogP contribution in [0.2, 0.25) is 0 Å². The number of carbonyl (C=O) groups excluding carboxylic acids is 1. The monoisotopic (exact) mass is 329 g/mol. The van der Waals surface area contributed by atoms with Crippen LogP contribution in [-0.2, 0) is 13.1 Å². The summed E-state index contributed by atoms with van der Waals surface area (Å²) < 4.78 is 3.25. The van der Waals surface area contributed by atoms with E-state index in [0.717, 1.165) is 32.2 Å². The molecule has 7 heteroatoms. The maximum Gasteiger partial charge on any atom is 0.274 e. The highest BCUT2D eigenvalue weighted by Crippen LogP contribution is 2.20. The van der Waals surface area contributed by atoms with E-state index in [1.165, 1.54) is 16.8 Å². The lowest BCUT2D eigenvalue weighted by atomic mass is 10.2. The van der Waals surface area contributed by atoms with E-state index in [4.69, 9.17) is 0 Å². The summed E-state index contributed by atoms with van der Waals surface area (Å²) in [4.78, 5) is 26.6. The fourth-order valence-corrected chi connectivity index (χ4v) is 3.10. The average Bonchev–Trinajstić information content (AvgIpc) is 3.26. The first-order valence-corrected chi connectivity index (χ1v) is 8.55. The molecule has 1 aliphatic rings. The molecule has 0 N–H and O–H groups in total. The molecule has 1 fully saturated rings. The highest BCUT2D eigenvalue weighted by molar-refractivity contribution is 5.92. The van der Waals surface area contributed by atoms with Gasteiger partial charge in [0.2, 0.25) is 0 Å². The first-order valence-electron chi connectivity index (χ1n) is 8.55. The van der Waals surface area contributed by atoms with Crippen LogP contribution in [0.5, 0.6) is 0 Å². The molecule has 1 amide bonds. The van der Waals surface area contributed by atoms with Crippen molar-refractivity contribution in [1.82, 2.24) is 24.5 Å². The Bertz CT molecular complexity index is 738. The van der Waals surface area contributed by atoms with Gasteiger partial charge < -0.3 is 4.90 Å². The maximum atomic E-state index is 12.8. The Morgan fingerprint density at radius 3 is 3.00 bits per heavy atom. The highest BCUT2D eigenvalue weighted by Gasteiger charge is 2.30. The van der Waals surface area contributed by atoms with Gasteiger partial charge in [-0.25, -0.2) is 4.68 Å². The molecule has 0 spiro atoms. The maximum absolute atomic E-state index is 12.8. The Morgan fingerprint density at radius 2 is 2.25 bits per heavy atom. The number of nitrogens with zero attached hydrogens (tertiary/aromatic N) is 5. The zero-order valence-corrected chi connectivity index (χ0v) is 14.0. The summed E-state index contributed by atoms with van der Waals surface area (Å²) in [6.45, 7) is 4.02. The second-order valence-corrected chi connectivity index (χ2v) is 6.16. The van der Waals surface area contributed by atoms with Crippen molar-refractivity contribution in [3.63, 3.8) is 0 Å². The molecule has 128 valence electrons. The van der Waals surface area contributed by atoms with Gasteiger partial charge in [-0.05, 0) is 31.4 Å². The van der Waals surface area contributed by atoms with Crippen molar-refractivity contribution in [2.24, 2.45) is 0 Å². The second-order valence-electron chi connectivity index (χ2n) is 6.16. The molecular formula is C17H23N5O2. The number of hydrogen-bond donors (Lipinski definition) is 0. The van der Waals surface area contributed by atoms with Crippen LogP contribution in [0, 0.1) is 0 Å². The molecule has 0 aromatic carbocycles. The van der Waals surface area contributed by atoms with E-state index >= 15 is 0 Å². The SMILES string of the molecule is CCCCn1nc(C(=O)N2CCC[C@H]2Cn2cccn2)ccc1=O. The summed E-state index contributed by atoms with van der Waals surface area (Å²) >= 11 is 0. The minimum Gasteiger partial charge on any atom is -0.332 e. The van der Waals surface area contributed by atoms with Gasteiger partial charge in [0, 0.05) is 31.5 Å². The molecular weight excluding hydrogens is 306 g/mol. The van der Waals surface area contributed by atoms with Crippen LogP contribution in [0.15, 0.2) is 35.4 Å². The van der Waals surface area contributed by atoms with Crippen LogP contribution in [-0.4, -0.2) is 43.0 Å². The Morgan fingerprint density at radius 1 is 1.38 bits per heavy atom. The van der Waals surface area contributed by atoms with E-state index in [1.54, 1.807) is 6.20 Å². The van der Waals surface area contributed by atoms with Gasteiger partial charge in [-0.15, -0.1) is 0 Å². The van der Waals surface area contributed by atoms with E-state index in [0.29, 0.717) is 18.8 Å². The van der Waals surface area contributed by atoms with Gasteiger partial charge in [0.15, 0.2) is 0 Å². The zero-order valence-electron chi connectivity index (χ0n) is 14.0. The number of aryl methyl sites for hydroxylation is 1. The topological polar surface area (TPSA) is 73.0 Å². The minimum absolute atomic E-state index is 0.102. The van der Waals surface area contributed by atoms with Crippen molar-refractivity contribution in [2.75, 3.05) is 6.54 Å². The molecule has 0 unspecified atom stereocenters. The Balaban J connectivity index is 1.76. The van der Waals surface area contributed by atoms with Gasteiger partial charge in [0.05, 0.1) is 12.6 Å². The summed E-state index contributed by atoms with van der Waals surface area (Å²) in [5, 5.41) is 8.50. The molecule has 2 aromatic rings. The molecule has 3 heterocycles. The van der Waals surface area contributed by atoms with Crippen LogP contribution in [0.3, 0.4) is 0 Å². The van der Waals surface area contributed by atoms with Gasteiger partial charge in [0.25, 0.3) is 11.5 Å². The molecule has 0 bridgehead atoms. The van der Waals surface area contributed by atoms with Crippen LogP contribution >= 0.6 is 0 Å². The normalized spacial score (nSPS) is 17.4. The van der Waals surface area contributed by atoms with Crippen LogP contribution < -0.4 is 5.56 Å². The lowest BCUT2D eigenvalue weighted by molar-refractivity contribution is 0.0712. The predicted octanol–water partition coefficient (Wildman–Crippen LogP) is 1.54. The van der Waals surface area contributed by atoms with Gasteiger partial charge in [-0.1, -0.05) is 13.3 Å². The first-order chi connectivity index (χ1) is 11.7. The molecule has 24 heavy (non-hydrogen) atoms. The number of likely N-dealkylation sites (tertiary alicyclic amines) is 1. The van der Waals surface area contributed by atoms with Crippen molar-refractivity contribution >= 4 is 5.91 Å². The van der Waals surface area contributed by atoms with E-state index in [2.05, 4.69) is 17.1 Å². The van der Waals surface area contributed by atoms with Gasteiger partial charge in [-0.2, -0.15) is 10.2 Å². The third kappa shape index (κ3) is 3.55. The van der Waals surface area contributed by atoms with Crippen LogP contribution in [0.1, 0.15) is 43.1 Å². The highest BCUT2D eigenvalue weighted by atomic mass is 16.2. The Hall–Kier alpha value is -2.44. The average molecular weight is 329 g/mol. The fraction of sp³-hybridized carbons (Fsp3) is 0.529. The van der Waals surface area contributed by atoms with Gasteiger partial charge in [-0.3, -0.25) is 14.3 Å². The fourth-order valence-electron chi connectivity index (χ4n) is 3.10. The van der Waals surface area contributed by atoms with E-state index in [-0.39, 0.29) is 17.5 Å². The lowest BCUT2D eigenvalue weighted by Gasteiger charge is -2.24. The summed E-state index contributed by atoms with van der Waals surface area (Å²) in [6.07, 6.45) is 7.44. The van der Waals surface area contributed by atoms with E-state index in [1.807, 2.05) is 21.8 Å². The molecule has 0 radical (unpaired) electrons. The Labute approximate surface area is 140 Å². The van der Waals surface area contributed by atoms with Crippen molar-refractivity contribution in [1.29, 1.82) is 0 Å². The first kappa shape index (κ1) is 16.4. The molecule has 1 aliphatic heterocycles. The number of carbonyl (C=O) groups is 1. The molecule has 1 atom stereocenters. The molecule has 1 saturated heterocycles. The second kappa shape index (κ2) is 7.42. The third-order valence-electron chi connectivity index (χ3n) is 4.40. The quantitative estimate of drug-likeness (QED) is 0.806. The minimum atomic E-state index is -0.158. The summed E-state index contributed by atoms with van der Waals surface area (Å²) in [6, 6.07) is 4.98. The largest absolute Gasteiger partial charge is 0.332 e. The van der Waals surface area contributed by atoms with Crippen molar-refractivity contribution in [3.8, 4) is 0 Å². The molecule has 3 rings (SSSR count). The van der Waals surface area contributed by atoms with Crippen molar-refractivity contribution in [2.45, 2.75) is 51.7 Å². The molecule has 7 nitrogen and oxygen atoms in total. The number of rotatable bonds is 6. The number of unbranched alkanes of at least 4 members (excludes halogenated alkanes) is 1. The van der Waals surface area contributed by atoms with Crippen LogP contribution in [0.25, 0.3) is 0 Å². The smallest absolute Gasteiger partial charge is 0.274 e. The zero-order chi connectivity index (χ0) is 16.9. The molecule has 2 aromatic heterocycles. The standard InChI is InChI=1S/C17H23N5O2/c1-2-3-12-22-16(23)8-7-15(19-22)17(24)21-11-4-6-14(21)13-20-10-5-9-18-20/h5,7-10,14H,2-4,6,11-13H2,1H3/t14-/m0/s1. The van der Waals surface area contributed by atoms with E-state index in [9.17, 15) is 9.59 Å². The Kier molecular flexibility index (Phi) is 5.08. The summed E-state index contributed by atoms with van der Waals surface area (Å²) in [5.41, 5.74) is 0.188. The third-order valence-corrected chi connectivity index (χ3v) is 4.40. The predicted molar refractivity (Wildman–Crippen MR) is 89.7 cm³/mol. The van der Waals surface area contributed by atoms with Crippen LogP contribution in [0.4, 0.5) is 0 Å². The number of hydrogen-bond acceptors (Lipinski definition) is 4. The lowest BCUT2D eigenvalue weighted by Crippen LogP contribution is -2.39. The van der Waals surface area contributed by atoms with Crippen molar-refractivity contribution < 1.29 is 4.79 Å². The number of aromatic nitrogens is 4. The number of amides is 1. The molecule has 0 saturated carbocycles.